The first-order valence-corrected chi connectivity index (χ1v) is 7.82. The van der Waals surface area contributed by atoms with Crippen molar-refractivity contribution in [1.29, 1.82) is 0 Å². The number of anilines is 1. The maximum Gasteiger partial charge on any atom is 0.262 e. The van der Waals surface area contributed by atoms with Gasteiger partial charge in [0.15, 0.2) is 10.8 Å². The third-order valence-corrected chi connectivity index (χ3v) is 5.02. The van der Waals surface area contributed by atoms with E-state index in [1.54, 1.807) is 7.05 Å². The highest BCUT2D eigenvalue weighted by Gasteiger charge is 2.29. The van der Waals surface area contributed by atoms with E-state index in [2.05, 4.69) is 4.98 Å². The molecule has 0 spiro atoms. The van der Waals surface area contributed by atoms with E-state index in [4.69, 9.17) is 10.8 Å². The van der Waals surface area contributed by atoms with Gasteiger partial charge in [-0.3, -0.25) is 0 Å². The number of hydrogen-bond donors (Lipinski definition) is 2. The molecule has 0 aliphatic heterocycles. The number of sulfonamides is 1. The lowest BCUT2D eigenvalue weighted by molar-refractivity contribution is 0.250. The van der Waals surface area contributed by atoms with Crippen molar-refractivity contribution < 1.29 is 13.5 Å². The fourth-order valence-corrected chi connectivity index (χ4v) is 3.67. The second kappa shape index (κ2) is 6.25. The molecule has 114 valence electrons. The lowest BCUT2D eigenvalue weighted by Gasteiger charge is -2.21. The number of aliphatic hydroxyl groups excluding tert-OH is 1. The Hall–Kier alpha value is -1.90. The number of aliphatic hydroxyl groups is 1. The van der Waals surface area contributed by atoms with E-state index < -0.39 is 10.0 Å². The molecule has 1 aromatic heterocycles. The number of aryl methyl sites for hydroxylation is 1. The van der Waals surface area contributed by atoms with Gasteiger partial charge in [0.1, 0.15) is 0 Å². The molecule has 0 atom stereocenters. The van der Waals surface area contributed by atoms with Gasteiger partial charge >= 0.3 is 0 Å². The molecule has 0 bridgehead atoms. The number of benzene rings is 1. The highest BCUT2D eigenvalue weighted by molar-refractivity contribution is 7.89. The number of rotatable bonds is 6. The van der Waals surface area contributed by atoms with Crippen LogP contribution in [0.2, 0.25) is 0 Å². The number of nitrogens with two attached hydrogens (primary N) is 1. The van der Waals surface area contributed by atoms with Crippen LogP contribution in [0.25, 0.3) is 0 Å². The normalized spacial score (nSPS) is 12.0. The SMILES string of the molecule is Cn1cnc(N)c1S(=O)(=O)N(CCO)Cc1ccccc1. The lowest BCUT2D eigenvalue weighted by atomic mass is 10.2. The van der Waals surface area contributed by atoms with Crippen molar-refractivity contribution >= 4 is 15.8 Å². The topological polar surface area (TPSA) is 101 Å². The first-order chi connectivity index (χ1) is 9.96. The first kappa shape index (κ1) is 15.5. The van der Waals surface area contributed by atoms with Crippen molar-refractivity contribution in [2.45, 2.75) is 11.6 Å². The first-order valence-electron chi connectivity index (χ1n) is 6.38. The van der Waals surface area contributed by atoms with E-state index in [-0.39, 0.29) is 30.5 Å². The zero-order valence-corrected chi connectivity index (χ0v) is 12.5. The molecule has 2 rings (SSSR count). The standard InChI is InChI=1S/C13H18N4O3S/c1-16-10-15-12(14)13(16)21(19,20)17(7-8-18)9-11-5-3-2-4-6-11/h2-6,10,18H,7-9,14H2,1H3. The van der Waals surface area contributed by atoms with Gasteiger partial charge in [0.05, 0.1) is 12.9 Å². The largest absolute Gasteiger partial charge is 0.395 e. The lowest BCUT2D eigenvalue weighted by Crippen LogP contribution is -2.34. The maximum atomic E-state index is 12.7. The Morgan fingerprint density at radius 3 is 2.52 bits per heavy atom. The molecule has 0 saturated heterocycles. The summed E-state index contributed by atoms with van der Waals surface area (Å²) in [6.45, 7) is -0.125. The molecule has 0 amide bonds. The Morgan fingerprint density at radius 1 is 1.33 bits per heavy atom. The van der Waals surface area contributed by atoms with Gasteiger partial charge < -0.3 is 15.4 Å². The Labute approximate surface area is 123 Å². The monoisotopic (exact) mass is 310 g/mol. The van der Waals surface area contributed by atoms with Crippen molar-refractivity contribution in [2.75, 3.05) is 18.9 Å². The van der Waals surface area contributed by atoms with E-state index in [1.807, 2.05) is 30.3 Å². The van der Waals surface area contributed by atoms with E-state index in [0.717, 1.165) is 5.56 Å². The second-order valence-corrected chi connectivity index (χ2v) is 6.45. The summed E-state index contributed by atoms with van der Waals surface area (Å²) < 4.78 is 28.0. The van der Waals surface area contributed by atoms with Crippen molar-refractivity contribution in [1.82, 2.24) is 13.9 Å². The van der Waals surface area contributed by atoms with Crippen molar-refractivity contribution in [3.05, 3.63) is 42.2 Å². The van der Waals surface area contributed by atoms with Crippen LogP contribution in [0.5, 0.6) is 0 Å². The average molecular weight is 310 g/mol. The molecule has 1 aromatic carbocycles. The zero-order valence-electron chi connectivity index (χ0n) is 11.7. The van der Waals surface area contributed by atoms with E-state index in [9.17, 15) is 8.42 Å². The molecule has 0 saturated carbocycles. The van der Waals surface area contributed by atoms with Crippen LogP contribution < -0.4 is 5.73 Å². The molecular weight excluding hydrogens is 292 g/mol. The summed E-state index contributed by atoms with van der Waals surface area (Å²) in [7, 11) is -2.27. The Morgan fingerprint density at radius 2 is 2.00 bits per heavy atom. The second-order valence-electron chi connectivity index (χ2n) is 4.59. The molecule has 0 aliphatic carbocycles. The smallest absolute Gasteiger partial charge is 0.262 e. The van der Waals surface area contributed by atoms with Gasteiger partial charge in [0, 0.05) is 20.1 Å². The molecular formula is C13H18N4O3S. The summed E-state index contributed by atoms with van der Waals surface area (Å²) in [4.78, 5) is 3.80. The zero-order chi connectivity index (χ0) is 15.5. The predicted molar refractivity (Wildman–Crippen MR) is 78.7 cm³/mol. The Balaban J connectivity index is 2.37. The molecule has 7 nitrogen and oxygen atoms in total. The fraction of sp³-hybridized carbons (Fsp3) is 0.308. The molecule has 0 radical (unpaired) electrons. The van der Waals surface area contributed by atoms with Crippen LogP contribution in [0.3, 0.4) is 0 Å². The molecule has 0 aliphatic rings. The highest BCUT2D eigenvalue weighted by Crippen LogP contribution is 2.22. The Bertz CT molecular complexity index is 678. The summed E-state index contributed by atoms with van der Waals surface area (Å²) in [5.74, 6) is -0.0477. The van der Waals surface area contributed by atoms with Crippen LogP contribution in [-0.2, 0) is 23.6 Å². The number of nitrogen functional groups attached to an aromatic ring is 1. The Kier molecular flexibility index (Phi) is 4.61. The van der Waals surface area contributed by atoms with Crippen molar-refractivity contribution in [2.24, 2.45) is 7.05 Å². The molecule has 3 N–H and O–H groups in total. The summed E-state index contributed by atoms with van der Waals surface area (Å²) in [6, 6.07) is 9.17. The van der Waals surface area contributed by atoms with E-state index in [1.165, 1.54) is 15.2 Å². The molecule has 2 aromatic rings. The molecule has 8 heteroatoms. The van der Waals surface area contributed by atoms with E-state index in [0.29, 0.717) is 0 Å². The van der Waals surface area contributed by atoms with Crippen LogP contribution in [0, 0.1) is 0 Å². The molecule has 21 heavy (non-hydrogen) atoms. The number of imidazole rings is 1. The molecule has 1 heterocycles. The van der Waals surface area contributed by atoms with Crippen LogP contribution in [0.15, 0.2) is 41.7 Å². The summed E-state index contributed by atoms with van der Waals surface area (Å²) in [6.07, 6.45) is 1.35. The predicted octanol–water partition coefficient (Wildman–Crippen LogP) is 0.186. The van der Waals surface area contributed by atoms with Gasteiger partial charge in [0.2, 0.25) is 0 Å². The van der Waals surface area contributed by atoms with Crippen molar-refractivity contribution in [3.8, 4) is 0 Å². The van der Waals surface area contributed by atoms with Gasteiger partial charge in [0.25, 0.3) is 10.0 Å². The van der Waals surface area contributed by atoms with Crippen LogP contribution in [0.4, 0.5) is 5.82 Å². The average Bonchev–Trinajstić information content (AvgIpc) is 2.79. The van der Waals surface area contributed by atoms with Crippen LogP contribution in [-0.4, -0.2) is 40.5 Å². The maximum absolute atomic E-state index is 12.7. The van der Waals surface area contributed by atoms with Crippen LogP contribution in [0.1, 0.15) is 5.56 Å². The fourth-order valence-electron chi connectivity index (χ4n) is 2.06. The number of nitrogens with zero attached hydrogens (tertiary/aromatic N) is 3. The minimum absolute atomic E-state index is 0.0121. The van der Waals surface area contributed by atoms with Gasteiger partial charge in [-0.1, -0.05) is 30.3 Å². The number of aromatic nitrogens is 2. The summed E-state index contributed by atoms with van der Waals surface area (Å²) >= 11 is 0. The third-order valence-electron chi connectivity index (χ3n) is 3.04. The molecule has 0 unspecified atom stereocenters. The number of hydrogen-bond acceptors (Lipinski definition) is 5. The van der Waals surface area contributed by atoms with Gasteiger partial charge in [-0.15, -0.1) is 0 Å². The summed E-state index contributed by atoms with van der Waals surface area (Å²) in [5, 5.41) is 9.09. The van der Waals surface area contributed by atoms with Gasteiger partial charge in [-0.25, -0.2) is 13.4 Å². The van der Waals surface area contributed by atoms with Gasteiger partial charge in [-0.05, 0) is 5.56 Å². The third kappa shape index (κ3) is 3.23. The minimum Gasteiger partial charge on any atom is -0.395 e. The molecule has 0 fully saturated rings. The highest BCUT2D eigenvalue weighted by atomic mass is 32.2. The summed E-state index contributed by atoms with van der Waals surface area (Å²) in [5.41, 5.74) is 6.48. The van der Waals surface area contributed by atoms with Gasteiger partial charge in [-0.2, -0.15) is 4.31 Å². The van der Waals surface area contributed by atoms with Crippen LogP contribution >= 0.6 is 0 Å². The minimum atomic E-state index is -3.83. The van der Waals surface area contributed by atoms with Crippen molar-refractivity contribution in [3.63, 3.8) is 0 Å². The van der Waals surface area contributed by atoms with E-state index >= 15 is 0 Å². The quantitative estimate of drug-likeness (QED) is 0.793.